The lowest BCUT2D eigenvalue weighted by atomic mass is 9.79. The number of imide groups is 1. The van der Waals surface area contributed by atoms with Crippen molar-refractivity contribution in [1.29, 1.82) is 0 Å². The van der Waals surface area contributed by atoms with E-state index in [0.29, 0.717) is 22.2 Å². The highest BCUT2D eigenvalue weighted by molar-refractivity contribution is 6.32. The van der Waals surface area contributed by atoms with Crippen molar-refractivity contribution in [2.45, 2.75) is 31.3 Å². The molecule has 4 rings (SSSR count). The van der Waals surface area contributed by atoms with Crippen LogP contribution < -0.4 is 10.1 Å². The Morgan fingerprint density at radius 1 is 1.22 bits per heavy atom. The van der Waals surface area contributed by atoms with E-state index >= 15 is 0 Å². The zero-order chi connectivity index (χ0) is 19.0. The normalized spacial score (nSPS) is 21.0. The molecule has 0 spiro atoms. The van der Waals surface area contributed by atoms with Crippen LogP contribution >= 0.6 is 11.6 Å². The fourth-order valence-electron chi connectivity index (χ4n) is 3.61. The number of hydrogen-bond acceptors (Lipinski definition) is 4. The Bertz CT molecular complexity index is 982. The maximum Gasteiger partial charge on any atom is 0.414 e. The van der Waals surface area contributed by atoms with Crippen LogP contribution in [0.1, 0.15) is 29.9 Å². The van der Waals surface area contributed by atoms with Gasteiger partial charge in [0.2, 0.25) is 0 Å². The third-order valence-electron chi connectivity index (χ3n) is 4.83. The number of aryl methyl sites for hydroxylation is 1. The number of alkyl carbamates (subject to hydrolysis) is 1. The van der Waals surface area contributed by atoms with Crippen LogP contribution in [0.15, 0.2) is 36.4 Å². The van der Waals surface area contributed by atoms with E-state index in [1.807, 2.05) is 18.2 Å². The Morgan fingerprint density at radius 3 is 2.78 bits per heavy atom. The van der Waals surface area contributed by atoms with E-state index in [1.54, 1.807) is 18.2 Å². The summed E-state index contributed by atoms with van der Waals surface area (Å²) in [6.07, 6.45) is 1.06. The van der Waals surface area contributed by atoms with Gasteiger partial charge in [-0.25, -0.2) is 9.64 Å². The number of nitrogens with one attached hydrogen (secondary N) is 1. The Kier molecular flexibility index (Phi) is 4.46. The minimum atomic E-state index is -0.779. The Morgan fingerprint density at radius 2 is 2.07 bits per heavy atom. The number of fused-ring (bicyclic) bond motifs is 1. The van der Waals surface area contributed by atoms with Crippen LogP contribution in [0.4, 0.5) is 10.5 Å². The lowest BCUT2D eigenvalue weighted by Crippen LogP contribution is -2.31. The van der Waals surface area contributed by atoms with Gasteiger partial charge in [0.05, 0.1) is 11.6 Å². The van der Waals surface area contributed by atoms with Crippen molar-refractivity contribution in [3.05, 3.63) is 64.0 Å². The first-order chi connectivity index (χ1) is 13.0. The van der Waals surface area contributed by atoms with Crippen LogP contribution in [0.3, 0.4) is 0 Å². The number of halogens is 1. The van der Waals surface area contributed by atoms with Gasteiger partial charge in [-0.05, 0) is 54.7 Å². The van der Waals surface area contributed by atoms with Gasteiger partial charge in [-0.3, -0.25) is 10.1 Å². The summed E-state index contributed by atoms with van der Waals surface area (Å²) < 4.78 is 11.0. The van der Waals surface area contributed by atoms with Crippen molar-refractivity contribution in [2.24, 2.45) is 0 Å². The monoisotopic (exact) mass is 382 g/mol. The summed E-state index contributed by atoms with van der Waals surface area (Å²) >= 11 is 6.18. The molecular formula is C20H15ClN2O4. The highest BCUT2D eigenvalue weighted by Gasteiger charge is 2.41. The van der Waals surface area contributed by atoms with Gasteiger partial charge in [-0.15, -0.1) is 0 Å². The Hall–Kier alpha value is -3.04. The molecule has 2 amide bonds. The maximum absolute atomic E-state index is 12.0. The molecule has 136 valence electrons. The molecule has 1 saturated heterocycles. The molecule has 7 heteroatoms. The van der Waals surface area contributed by atoms with Crippen molar-refractivity contribution in [3.8, 4) is 11.5 Å². The SMILES string of the molecule is [C-]#[N+]c1ccc(Oc2ccc3c(c2)CCC[C@H]3[C@H]2OC(=O)NC2=O)c(Cl)c1. The first-order valence-electron chi connectivity index (χ1n) is 8.54. The molecule has 1 aliphatic carbocycles. The van der Waals surface area contributed by atoms with Crippen molar-refractivity contribution in [2.75, 3.05) is 0 Å². The first kappa shape index (κ1) is 17.4. The van der Waals surface area contributed by atoms with Gasteiger partial charge in [-0.1, -0.05) is 23.7 Å². The molecule has 0 aromatic heterocycles. The van der Waals surface area contributed by atoms with Crippen molar-refractivity contribution in [3.63, 3.8) is 0 Å². The third-order valence-corrected chi connectivity index (χ3v) is 5.13. The van der Waals surface area contributed by atoms with E-state index in [0.717, 1.165) is 30.4 Å². The van der Waals surface area contributed by atoms with Crippen LogP contribution in [0.5, 0.6) is 11.5 Å². The largest absolute Gasteiger partial charge is 0.456 e. The van der Waals surface area contributed by atoms with Crippen LogP contribution in [-0.2, 0) is 16.0 Å². The van der Waals surface area contributed by atoms with Gasteiger partial charge < -0.3 is 9.47 Å². The van der Waals surface area contributed by atoms with E-state index < -0.39 is 12.2 Å². The third kappa shape index (κ3) is 3.34. The minimum absolute atomic E-state index is 0.157. The van der Waals surface area contributed by atoms with Gasteiger partial charge in [-0.2, -0.15) is 0 Å². The average Bonchev–Trinajstić information content (AvgIpc) is 3.00. The Balaban J connectivity index is 1.59. The summed E-state index contributed by atoms with van der Waals surface area (Å²) in [6.45, 7) is 7.02. The van der Waals surface area contributed by atoms with E-state index in [-0.39, 0.29) is 11.8 Å². The number of amides is 2. The molecule has 0 saturated carbocycles. The van der Waals surface area contributed by atoms with E-state index in [4.69, 9.17) is 27.6 Å². The van der Waals surface area contributed by atoms with Gasteiger partial charge in [0.25, 0.3) is 5.91 Å². The van der Waals surface area contributed by atoms with Gasteiger partial charge in [0, 0.05) is 5.92 Å². The summed E-state index contributed by atoms with van der Waals surface area (Å²) in [5.41, 5.74) is 2.51. The topological polar surface area (TPSA) is 69.0 Å². The molecule has 2 aromatic rings. The number of hydrogen-bond donors (Lipinski definition) is 1. The first-order valence-corrected chi connectivity index (χ1v) is 8.92. The molecule has 6 nitrogen and oxygen atoms in total. The standard InChI is InChI=1S/C20H15ClN2O4/c1-22-12-5-8-17(16(21)10-12)26-13-6-7-14-11(9-13)3-2-4-15(14)18-19(24)23-20(25)27-18/h5-10,15,18H,2-4H2,(H,23,24,25)/t15-,18-/m1/s1. The summed E-state index contributed by atoms with van der Waals surface area (Å²) in [6, 6.07) is 10.5. The molecule has 2 atom stereocenters. The number of benzene rings is 2. The highest BCUT2D eigenvalue weighted by Crippen LogP contribution is 2.39. The molecule has 1 fully saturated rings. The van der Waals surface area contributed by atoms with E-state index in [2.05, 4.69) is 10.2 Å². The summed E-state index contributed by atoms with van der Waals surface area (Å²) in [5, 5.41) is 2.56. The van der Waals surface area contributed by atoms with Crippen LogP contribution in [0.25, 0.3) is 4.85 Å². The zero-order valence-corrected chi connectivity index (χ0v) is 15.0. The van der Waals surface area contributed by atoms with E-state index in [9.17, 15) is 9.59 Å². The number of nitrogens with zero attached hydrogens (tertiary/aromatic N) is 1. The van der Waals surface area contributed by atoms with Gasteiger partial charge >= 0.3 is 6.09 Å². The minimum Gasteiger partial charge on any atom is -0.456 e. The second kappa shape index (κ2) is 6.93. The van der Waals surface area contributed by atoms with Crippen LogP contribution in [0, 0.1) is 6.57 Å². The number of carbonyl (C=O) groups is 2. The summed E-state index contributed by atoms with van der Waals surface area (Å²) in [5.74, 6) is 0.556. The summed E-state index contributed by atoms with van der Waals surface area (Å²) in [7, 11) is 0. The number of cyclic esters (lactones) is 1. The molecule has 1 heterocycles. The predicted octanol–water partition coefficient (Wildman–Crippen LogP) is 4.74. The molecule has 2 aliphatic rings. The fourth-order valence-corrected chi connectivity index (χ4v) is 3.82. The lowest BCUT2D eigenvalue weighted by molar-refractivity contribution is -0.124. The van der Waals surface area contributed by atoms with Crippen molar-refractivity contribution in [1.82, 2.24) is 5.32 Å². The molecule has 0 unspecified atom stereocenters. The fraction of sp³-hybridized carbons (Fsp3) is 0.250. The van der Waals surface area contributed by atoms with Crippen molar-refractivity contribution < 1.29 is 19.1 Å². The lowest BCUT2D eigenvalue weighted by Gasteiger charge is -2.28. The second-order valence-corrected chi connectivity index (χ2v) is 6.91. The molecule has 1 aliphatic heterocycles. The Labute approximate surface area is 160 Å². The summed E-state index contributed by atoms with van der Waals surface area (Å²) in [4.78, 5) is 26.7. The maximum atomic E-state index is 12.0. The average molecular weight is 383 g/mol. The quantitative estimate of drug-likeness (QED) is 0.778. The van der Waals surface area contributed by atoms with E-state index in [1.165, 1.54) is 0 Å². The molecule has 27 heavy (non-hydrogen) atoms. The number of ether oxygens (including phenoxy) is 2. The molecule has 1 N–H and O–H groups in total. The molecule has 0 radical (unpaired) electrons. The van der Waals surface area contributed by atoms with Crippen LogP contribution in [0.2, 0.25) is 5.02 Å². The predicted molar refractivity (Wildman–Crippen MR) is 98.3 cm³/mol. The zero-order valence-electron chi connectivity index (χ0n) is 14.2. The van der Waals surface area contributed by atoms with Gasteiger partial charge in [0.15, 0.2) is 11.8 Å². The highest BCUT2D eigenvalue weighted by atomic mass is 35.5. The smallest absolute Gasteiger partial charge is 0.414 e. The van der Waals surface area contributed by atoms with Gasteiger partial charge in [0.1, 0.15) is 11.5 Å². The van der Waals surface area contributed by atoms with Crippen molar-refractivity contribution >= 4 is 29.3 Å². The second-order valence-electron chi connectivity index (χ2n) is 6.50. The number of rotatable bonds is 3. The number of carbonyl (C=O) groups excluding carboxylic acids is 2. The van der Waals surface area contributed by atoms with Crippen LogP contribution in [-0.4, -0.2) is 18.1 Å². The molecular weight excluding hydrogens is 368 g/mol. The molecule has 2 aromatic carbocycles. The molecule has 0 bridgehead atoms.